The highest BCUT2D eigenvalue weighted by molar-refractivity contribution is 6.32. The minimum absolute atomic E-state index is 0.260. The van der Waals surface area contributed by atoms with E-state index in [9.17, 15) is 18.8 Å². The monoisotopic (exact) mass is 513 g/mol. The van der Waals surface area contributed by atoms with E-state index in [1.54, 1.807) is 24.3 Å². The highest BCUT2D eigenvalue weighted by Crippen LogP contribution is 2.60. The van der Waals surface area contributed by atoms with Crippen molar-refractivity contribution in [2.24, 2.45) is 5.41 Å². The number of halogens is 1. The predicted octanol–water partition coefficient (Wildman–Crippen LogP) is 6.45. The fraction of sp³-hybridized carbons (Fsp3) is 0.147. The molecule has 190 valence electrons. The van der Waals surface area contributed by atoms with Crippen LogP contribution in [0.4, 0.5) is 10.1 Å². The molecule has 1 aliphatic carbocycles. The van der Waals surface area contributed by atoms with Gasteiger partial charge in [0.25, 0.3) is 0 Å². The van der Waals surface area contributed by atoms with Gasteiger partial charge in [0.05, 0.1) is 6.04 Å². The number of anilines is 1. The SMILES string of the molecule is Cc1ccc([C@@H]2[C@@H](C(=O)c3ccc(F)cc3)N3c4ccccc4C=CC3C23C(=O)c2ccccc2C3=O)cc1. The minimum atomic E-state index is -1.54. The largest absolute Gasteiger partial charge is 0.352 e. The normalized spacial score (nSPS) is 22.1. The van der Waals surface area contributed by atoms with Crippen molar-refractivity contribution in [1.29, 1.82) is 0 Å². The number of rotatable bonds is 3. The highest BCUT2D eigenvalue weighted by atomic mass is 19.1. The summed E-state index contributed by atoms with van der Waals surface area (Å²) in [6.45, 7) is 1.97. The third kappa shape index (κ3) is 3.13. The van der Waals surface area contributed by atoms with E-state index in [2.05, 4.69) is 0 Å². The highest BCUT2D eigenvalue weighted by Gasteiger charge is 2.71. The second kappa shape index (κ2) is 8.43. The summed E-state index contributed by atoms with van der Waals surface area (Å²) in [5.74, 6) is -2.00. The van der Waals surface area contributed by atoms with E-state index in [4.69, 9.17) is 0 Å². The van der Waals surface area contributed by atoms with Crippen molar-refractivity contribution in [3.63, 3.8) is 0 Å². The first-order chi connectivity index (χ1) is 18.9. The zero-order chi connectivity index (χ0) is 26.9. The first-order valence-corrected chi connectivity index (χ1v) is 13.0. The molecule has 39 heavy (non-hydrogen) atoms. The maximum Gasteiger partial charge on any atom is 0.185 e. The topological polar surface area (TPSA) is 54.5 Å². The number of benzene rings is 4. The summed E-state index contributed by atoms with van der Waals surface area (Å²) >= 11 is 0. The van der Waals surface area contributed by atoms with Gasteiger partial charge in [-0.15, -0.1) is 0 Å². The van der Waals surface area contributed by atoms with Crippen molar-refractivity contribution in [2.75, 3.05) is 4.90 Å². The number of ketones is 3. The lowest BCUT2D eigenvalue weighted by Crippen LogP contribution is -2.48. The molecule has 1 spiro atoms. The molecule has 0 N–H and O–H groups in total. The number of carbonyl (C=O) groups excluding carboxylic acids is 3. The molecule has 7 rings (SSSR count). The molecule has 1 saturated heterocycles. The lowest BCUT2D eigenvalue weighted by Gasteiger charge is -2.37. The third-order valence-electron chi connectivity index (χ3n) is 8.55. The molecule has 3 aliphatic rings. The minimum Gasteiger partial charge on any atom is -0.352 e. The second-order valence-electron chi connectivity index (χ2n) is 10.5. The van der Waals surface area contributed by atoms with Gasteiger partial charge in [0.2, 0.25) is 0 Å². The molecule has 0 amide bonds. The van der Waals surface area contributed by atoms with Crippen LogP contribution in [0, 0.1) is 18.2 Å². The molecule has 2 heterocycles. The first-order valence-electron chi connectivity index (χ1n) is 13.0. The van der Waals surface area contributed by atoms with E-state index >= 15 is 0 Å². The predicted molar refractivity (Wildman–Crippen MR) is 148 cm³/mol. The number of carbonyl (C=O) groups is 3. The Kier molecular flexibility index (Phi) is 5.08. The second-order valence-corrected chi connectivity index (χ2v) is 10.5. The number of nitrogens with zero attached hydrogens (tertiary/aromatic N) is 1. The molecule has 0 bridgehead atoms. The van der Waals surface area contributed by atoms with Gasteiger partial charge in [-0.3, -0.25) is 14.4 Å². The molecule has 1 unspecified atom stereocenters. The van der Waals surface area contributed by atoms with E-state index in [1.165, 1.54) is 24.3 Å². The molecule has 0 aromatic heterocycles. The number of hydrogen-bond acceptors (Lipinski definition) is 4. The first kappa shape index (κ1) is 23.5. The van der Waals surface area contributed by atoms with Crippen molar-refractivity contribution in [1.82, 2.24) is 0 Å². The molecular formula is C34H24FNO3. The lowest BCUT2D eigenvalue weighted by atomic mass is 9.64. The average Bonchev–Trinajstić information content (AvgIpc) is 3.40. The summed E-state index contributed by atoms with van der Waals surface area (Å²) in [6, 6.07) is 26.3. The maximum absolute atomic E-state index is 14.6. The molecule has 5 heteroatoms. The molecule has 2 aliphatic heterocycles. The van der Waals surface area contributed by atoms with Gasteiger partial charge in [0.15, 0.2) is 17.3 Å². The van der Waals surface area contributed by atoms with Gasteiger partial charge in [0, 0.05) is 28.3 Å². The summed E-state index contributed by atoms with van der Waals surface area (Å²) in [7, 11) is 0. The fourth-order valence-corrected chi connectivity index (χ4v) is 6.85. The number of Topliss-reactive ketones (excluding diaryl/α,β-unsaturated/α-hetero) is 3. The Balaban J connectivity index is 1.54. The van der Waals surface area contributed by atoms with Crippen molar-refractivity contribution in [3.8, 4) is 0 Å². The van der Waals surface area contributed by atoms with Crippen LogP contribution in [0.5, 0.6) is 0 Å². The van der Waals surface area contributed by atoms with Crippen LogP contribution in [0.2, 0.25) is 0 Å². The standard InChI is InChI=1S/C34H24FNO3/c1-20-10-12-22(13-11-20)29-30(31(37)23-14-17-24(35)18-15-23)36-27-9-5-2-6-21(27)16-19-28(36)34(29)32(38)25-7-3-4-8-26(25)33(34)39/h2-19,28-30H,1H3/t28?,29-,30+/m1/s1. The van der Waals surface area contributed by atoms with E-state index in [1.807, 2.05) is 72.5 Å². The van der Waals surface area contributed by atoms with Crippen LogP contribution in [0.25, 0.3) is 6.08 Å². The molecule has 4 aromatic rings. The number of aryl methyl sites for hydroxylation is 1. The molecule has 0 radical (unpaired) electrons. The van der Waals surface area contributed by atoms with Crippen LogP contribution in [-0.4, -0.2) is 29.4 Å². The Morgan fingerprint density at radius 2 is 1.41 bits per heavy atom. The van der Waals surface area contributed by atoms with Crippen molar-refractivity contribution < 1.29 is 18.8 Å². The van der Waals surface area contributed by atoms with Crippen LogP contribution < -0.4 is 4.90 Å². The Morgan fingerprint density at radius 1 is 0.795 bits per heavy atom. The van der Waals surface area contributed by atoms with Gasteiger partial charge < -0.3 is 4.90 Å². The summed E-state index contributed by atoms with van der Waals surface area (Å²) in [6.07, 6.45) is 3.85. The fourth-order valence-electron chi connectivity index (χ4n) is 6.85. The van der Waals surface area contributed by atoms with Gasteiger partial charge in [-0.1, -0.05) is 84.4 Å². The van der Waals surface area contributed by atoms with E-state index in [-0.39, 0.29) is 17.3 Å². The molecular weight excluding hydrogens is 489 g/mol. The lowest BCUT2D eigenvalue weighted by molar-refractivity contribution is 0.0666. The molecule has 1 fully saturated rings. The van der Waals surface area contributed by atoms with Gasteiger partial charge >= 0.3 is 0 Å². The van der Waals surface area contributed by atoms with Crippen LogP contribution in [-0.2, 0) is 0 Å². The van der Waals surface area contributed by atoms with Crippen LogP contribution in [0.1, 0.15) is 53.7 Å². The van der Waals surface area contributed by atoms with Crippen molar-refractivity contribution >= 4 is 29.1 Å². The summed E-state index contributed by atoms with van der Waals surface area (Å²) in [5.41, 5.74) is 3.04. The third-order valence-corrected chi connectivity index (χ3v) is 8.55. The number of para-hydroxylation sites is 1. The Hall–Kier alpha value is -4.64. The summed E-state index contributed by atoms with van der Waals surface area (Å²) in [4.78, 5) is 45.6. The van der Waals surface area contributed by atoms with Gasteiger partial charge in [-0.25, -0.2) is 4.39 Å². The zero-order valence-corrected chi connectivity index (χ0v) is 21.2. The van der Waals surface area contributed by atoms with Gasteiger partial charge in [0.1, 0.15) is 17.3 Å². The number of hydrogen-bond donors (Lipinski definition) is 0. The smallest absolute Gasteiger partial charge is 0.185 e. The maximum atomic E-state index is 14.6. The Bertz CT molecular complexity index is 1670. The average molecular weight is 514 g/mol. The van der Waals surface area contributed by atoms with Crippen LogP contribution in [0.3, 0.4) is 0 Å². The quantitative estimate of drug-likeness (QED) is 0.233. The van der Waals surface area contributed by atoms with E-state index in [0.29, 0.717) is 16.7 Å². The van der Waals surface area contributed by atoms with Crippen LogP contribution in [0.15, 0.2) is 103 Å². The van der Waals surface area contributed by atoms with Crippen molar-refractivity contribution in [2.45, 2.75) is 24.9 Å². The van der Waals surface area contributed by atoms with E-state index < -0.39 is 29.2 Å². The number of fused-ring (bicyclic) bond motifs is 5. The zero-order valence-electron chi connectivity index (χ0n) is 21.2. The molecule has 4 nitrogen and oxygen atoms in total. The Morgan fingerprint density at radius 3 is 2.08 bits per heavy atom. The molecule has 0 saturated carbocycles. The Labute approximate surface area is 225 Å². The van der Waals surface area contributed by atoms with Crippen LogP contribution >= 0.6 is 0 Å². The molecule has 3 atom stereocenters. The summed E-state index contributed by atoms with van der Waals surface area (Å²) in [5, 5.41) is 0. The molecule has 4 aromatic carbocycles. The van der Waals surface area contributed by atoms with Gasteiger partial charge in [-0.05, 0) is 48.4 Å². The summed E-state index contributed by atoms with van der Waals surface area (Å²) < 4.78 is 13.8. The van der Waals surface area contributed by atoms with Crippen molar-refractivity contribution in [3.05, 3.63) is 142 Å². The van der Waals surface area contributed by atoms with E-state index in [0.717, 1.165) is 22.4 Å². The van der Waals surface area contributed by atoms with Gasteiger partial charge in [-0.2, -0.15) is 0 Å².